The number of halogens is 1. The number of aliphatic imine (C=N–C) groups is 1. The largest absolute Gasteiger partial charge is 0.353 e. The molecule has 23 heavy (non-hydrogen) atoms. The average molecular weight is 473 g/mol. The van der Waals surface area contributed by atoms with Gasteiger partial charge in [-0.05, 0) is 18.8 Å². The van der Waals surface area contributed by atoms with Crippen LogP contribution in [-0.2, 0) is 9.84 Å². The summed E-state index contributed by atoms with van der Waals surface area (Å²) in [5.41, 5.74) is 0. The number of thioether (sulfide) groups is 1. The Hall–Kier alpha value is 0.0400. The van der Waals surface area contributed by atoms with Crippen molar-refractivity contribution >= 4 is 51.5 Å². The van der Waals surface area contributed by atoms with Crippen molar-refractivity contribution in [2.24, 2.45) is 10.9 Å². The van der Waals surface area contributed by atoms with Crippen LogP contribution in [0.3, 0.4) is 0 Å². The molecule has 0 bridgehead atoms. The summed E-state index contributed by atoms with van der Waals surface area (Å²) in [7, 11) is -2.82. The third kappa shape index (κ3) is 6.81. The van der Waals surface area contributed by atoms with Crippen LogP contribution in [0.5, 0.6) is 0 Å². The predicted octanol–water partition coefficient (Wildman–Crippen LogP) is 2.00. The van der Waals surface area contributed by atoms with Crippen molar-refractivity contribution in [3.8, 4) is 0 Å². The maximum absolute atomic E-state index is 11.6. The van der Waals surface area contributed by atoms with Gasteiger partial charge in [-0.1, -0.05) is 13.0 Å². The first-order chi connectivity index (χ1) is 10.5. The Morgan fingerprint density at radius 1 is 1.52 bits per heavy atom. The minimum atomic E-state index is -2.82. The molecule has 2 heterocycles. The zero-order valence-corrected chi connectivity index (χ0v) is 17.7. The van der Waals surface area contributed by atoms with Gasteiger partial charge < -0.3 is 10.2 Å². The number of rotatable bonds is 5. The molecule has 134 valence electrons. The molecule has 2 atom stereocenters. The summed E-state index contributed by atoms with van der Waals surface area (Å²) in [6, 6.07) is 0. The van der Waals surface area contributed by atoms with Gasteiger partial charge in [0.05, 0.1) is 11.5 Å². The number of hydrogen-bond acceptors (Lipinski definition) is 4. The Bertz CT molecular complexity index is 511. The molecule has 2 rings (SSSR count). The molecule has 2 saturated heterocycles. The van der Waals surface area contributed by atoms with Gasteiger partial charge >= 0.3 is 0 Å². The Morgan fingerprint density at radius 2 is 2.30 bits per heavy atom. The molecule has 2 unspecified atom stereocenters. The van der Waals surface area contributed by atoms with Crippen molar-refractivity contribution in [2.45, 2.75) is 25.0 Å². The van der Waals surface area contributed by atoms with E-state index in [1.807, 2.05) is 17.8 Å². The van der Waals surface area contributed by atoms with Gasteiger partial charge in [0.2, 0.25) is 0 Å². The van der Waals surface area contributed by atoms with E-state index in [4.69, 9.17) is 4.99 Å². The van der Waals surface area contributed by atoms with Crippen LogP contribution in [0.25, 0.3) is 0 Å². The second-order valence-electron chi connectivity index (χ2n) is 5.95. The summed E-state index contributed by atoms with van der Waals surface area (Å²) in [6.07, 6.45) is 3.73. The van der Waals surface area contributed by atoms with Crippen LogP contribution in [0, 0.1) is 5.92 Å². The normalized spacial score (nSPS) is 27.3. The second-order valence-corrected chi connectivity index (χ2v) is 9.59. The monoisotopic (exact) mass is 473 g/mol. The van der Waals surface area contributed by atoms with Gasteiger partial charge in [0.25, 0.3) is 0 Å². The summed E-state index contributed by atoms with van der Waals surface area (Å²) >= 11 is 2.03. The standard InChI is InChI=1S/C15H27N3O2S2.HI/c1-3-6-16-15(18-7-8-21-14(4-2)11-18)17-10-13-5-9-22(19,20)12-13;/h3,13-14H,1,4-12H2,2H3,(H,16,17);1H. The topological polar surface area (TPSA) is 61.8 Å². The van der Waals surface area contributed by atoms with Crippen molar-refractivity contribution < 1.29 is 8.42 Å². The summed E-state index contributed by atoms with van der Waals surface area (Å²) in [4.78, 5) is 7.01. The zero-order chi connectivity index (χ0) is 16.0. The molecule has 2 fully saturated rings. The molecule has 0 radical (unpaired) electrons. The van der Waals surface area contributed by atoms with Crippen LogP contribution < -0.4 is 5.32 Å². The molecule has 2 aliphatic heterocycles. The molecule has 0 aromatic heterocycles. The quantitative estimate of drug-likeness (QED) is 0.287. The minimum absolute atomic E-state index is 0. The van der Waals surface area contributed by atoms with Crippen LogP contribution in [0.2, 0.25) is 0 Å². The van der Waals surface area contributed by atoms with Crippen LogP contribution in [0.4, 0.5) is 0 Å². The lowest BCUT2D eigenvalue weighted by molar-refractivity contribution is 0.407. The maximum Gasteiger partial charge on any atom is 0.194 e. The Kier molecular flexibility index (Phi) is 9.28. The predicted molar refractivity (Wildman–Crippen MR) is 111 cm³/mol. The highest BCUT2D eigenvalue weighted by Gasteiger charge is 2.28. The van der Waals surface area contributed by atoms with E-state index in [0.29, 0.717) is 29.8 Å². The Balaban J connectivity index is 0.00000264. The van der Waals surface area contributed by atoms with Gasteiger partial charge in [-0.25, -0.2) is 8.42 Å². The van der Waals surface area contributed by atoms with E-state index in [2.05, 4.69) is 23.7 Å². The third-order valence-corrected chi connectivity index (χ3v) is 7.33. The highest BCUT2D eigenvalue weighted by atomic mass is 127. The first-order valence-electron chi connectivity index (χ1n) is 8.00. The lowest BCUT2D eigenvalue weighted by Crippen LogP contribution is -2.48. The van der Waals surface area contributed by atoms with Crippen LogP contribution in [-0.4, -0.2) is 68.0 Å². The molecule has 2 aliphatic rings. The van der Waals surface area contributed by atoms with Gasteiger partial charge in [0.15, 0.2) is 15.8 Å². The average Bonchev–Trinajstić information content (AvgIpc) is 2.86. The van der Waals surface area contributed by atoms with E-state index in [0.717, 1.165) is 37.6 Å². The fourth-order valence-electron chi connectivity index (χ4n) is 2.82. The SMILES string of the molecule is C=CCNC(=NCC1CCS(=O)(=O)C1)N1CCSC(CC)C1.I. The van der Waals surface area contributed by atoms with E-state index in [9.17, 15) is 8.42 Å². The van der Waals surface area contributed by atoms with Crippen molar-refractivity contribution in [3.05, 3.63) is 12.7 Å². The van der Waals surface area contributed by atoms with E-state index < -0.39 is 9.84 Å². The molecule has 0 amide bonds. The van der Waals surface area contributed by atoms with Gasteiger partial charge in [-0.15, -0.1) is 30.6 Å². The maximum atomic E-state index is 11.6. The highest BCUT2D eigenvalue weighted by Crippen LogP contribution is 2.22. The first-order valence-corrected chi connectivity index (χ1v) is 10.9. The molecule has 5 nitrogen and oxygen atoms in total. The smallest absolute Gasteiger partial charge is 0.194 e. The van der Waals surface area contributed by atoms with Gasteiger partial charge in [-0.3, -0.25) is 4.99 Å². The van der Waals surface area contributed by atoms with Crippen LogP contribution >= 0.6 is 35.7 Å². The van der Waals surface area contributed by atoms with Gasteiger partial charge in [-0.2, -0.15) is 11.8 Å². The van der Waals surface area contributed by atoms with E-state index in [1.54, 1.807) is 0 Å². The molecule has 0 spiro atoms. The zero-order valence-electron chi connectivity index (χ0n) is 13.7. The fourth-order valence-corrected chi connectivity index (χ4v) is 5.85. The third-order valence-electron chi connectivity index (χ3n) is 4.12. The number of sulfone groups is 1. The van der Waals surface area contributed by atoms with Crippen LogP contribution in [0.1, 0.15) is 19.8 Å². The van der Waals surface area contributed by atoms with Gasteiger partial charge in [0.1, 0.15) is 0 Å². The Labute approximate surface area is 161 Å². The van der Waals surface area contributed by atoms with Crippen molar-refractivity contribution in [2.75, 3.05) is 43.4 Å². The highest BCUT2D eigenvalue weighted by molar-refractivity contribution is 14.0. The molecule has 0 saturated carbocycles. The Morgan fingerprint density at radius 3 is 2.91 bits per heavy atom. The number of nitrogens with zero attached hydrogens (tertiary/aromatic N) is 2. The summed E-state index contributed by atoms with van der Waals surface area (Å²) in [5, 5.41) is 3.98. The molecule has 8 heteroatoms. The van der Waals surface area contributed by atoms with Crippen LogP contribution in [0.15, 0.2) is 17.6 Å². The van der Waals surface area contributed by atoms with Crippen molar-refractivity contribution in [3.63, 3.8) is 0 Å². The molecule has 0 aliphatic carbocycles. The first kappa shape index (κ1) is 21.1. The lowest BCUT2D eigenvalue weighted by atomic mass is 10.1. The fraction of sp³-hybridized carbons (Fsp3) is 0.800. The van der Waals surface area contributed by atoms with E-state index >= 15 is 0 Å². The second kappa shape index (κ2) is 10.1. The summed E-state index contributed by atoms with van der Waals surface area (Å²) in [6.45, 7) is 9.25. The summed E-state index contributed by atoms with van der Waals surface area (Å²) in [5.74, 6) is 2.81. The van der Waals surface area contributed by atoms with E-state index in [1.165, 1.54) is 0 Å². The summed E-state index contributed by atoms with van der Waals surface area (Å²) < 4.78 is 23.1. The number of hydrogen-bond donors (Lipinski definition) is 1. The number of guanidine groups is 1. The molecular formula is C15H28IN3O2S2. The molecule has 0 aromatic carbocycles. The van der Waals surface area contributed by atoms with E-state index in [-0.39, 0.29) is 29.9 Å². The van der Waals surface area contributed by atoms with Gasteiger partial charge in [0, 0.05) is 37.2 Å². The molecular weight excluding hydrogens is 445 g/mol. The van der Waals surface area contributed by atoms with Crippen molar-refractivity contribution in [1.29, 1.82) is 0 Å². The molecule has 1 N–H and O–H groups in total. The van der Waals surface area contributed by atoms with Crippen molar-refractivity contribution in [1.82, 2.24) is 10.2 Å². The molecule has 0 aromatic rings. The minimum Gasteiger partial charge on any atom is -0.353 e. The lowest BCUT2D eigenvalue weighted by Gasteiger charge is -2.34. The number of nitrogens with one attached hydrogen (secondary N) is 1.